The molecule has 1 aliphatic rings. The standard InChI is InChI=1S/C17H27NO2/c1-18-12-16(19)10-15-8-5-9-17(11-15)20-13-14-6-3-2-4-7-14/h5,8-9,11,14,16,18-19H,2-4,6-7,10,12-13H2,1H3. The molecular weight excluding hydrogens is 250 g/mol. The van der Waals surface area contributed by atoms with Crippen molar-refractivity contribution >= 4 is 0 Å². The largest absolute Gasteiger partial charge is 0.493 e. The van der Waals surface area contributed by atoms with Gasteiger partial charge in [-0.15, -0.1) is 0 Å². The summed E-state index contributed by atoms with van der Waals surface area (Å²) < 4.78 is 5.93. The van der Waals surface area contributed by atoms with Gasteiger partial charge in [0.2, 0.25) is 0 Å². The van der Waals surface area contributed by atoms with Crippen molar-refractivity contribution in [1.29, 1.82) is 0 Å². The van der Waals surface area contributed by atoms with Gasteiger partial charge in [-0.1, -0.05) is 31.4 Å². The zero-order valence-electron chi connectivity index (χ0n) is 12.5. The Morgan fingerprint density at radius 3 is 2.85 bits per heavy atom. The molecule has 0 spiro atoms. The molecule has 3 heteroatoms. The lowest BCUT2D eigenvalue weighted by molar-refractivity contribution is 0.174. The number of aliphatic hydroxyl groups is 1. The van der Waals surface area contributed by atoms with Crippen molar-refractivity contribution in [3.63, 3.8) is 0 Å². The van der Waals surface area contributed by atoms with Crippen molar-refractivity contribution in [2.24, 2.45) is 5.92 Å². The number of hydrogen-bond donors (Lipinski definition) is 2. The van der Waals surface area contributed by atoms with Gasteiger partial charge in [0, 0.05) is 6.54 Å². The molecule has 0 amide bonds. The van der Waals surface area contributed by atoms with Crippen molar-refractivity contribution in [2.45, 2.75) is 44.6 Å². The van der Waals surface area contributed by atoms with Crippen LogP contribution in [0.2, 0.25) is 0 Å². The van der Waals surface area contributed by atoms with E-state index < -0.39 is 0 Å². The highest BCUT2D eigenvalue weighted by atomic mass is 16.5. The Balaban J connectivity index is 1.82. The van der Waals surface area contributed by atoms with Gasteiger partial charge in [-0.3, -0.25) is 0 Å². The Morgan fingerprint density at radius 1 is 1.30 bits per heavy atom. The summed E-state index contributed by atoms with van der Waals surface area (Å²) in [6, 6.07) is 8.13. The van der Waals surface area contributed by atoms with Crippen molar-refractivity contribution in [3.8, 4) is 5.75 Å². The molecule has 1 fully saturated rings. The van der Waals surface area contributed by atoms with Gasteiger partial charge in [-0.25, -0.2) is 0 Å². The van der Waals surface area contributed by atoms with Gasteiger partial charge in [0.1, 0.15) is 5.75 Å². The maximum atomic E-state index is 9.82. The first-order valence-electron chi connectivity index (χ1n) is 7.82. The second-order valence-corrected chi connectivity index (χ2v) is 5.88. The summed E-state index contributed by atoms with van der Waals surface area (Å²) in [4.78, 5) is 0. The van der Waals surface area contributed by atoms with E-state index in [1.165, 1.54) is 32.1 Å². The SMILES string of the molecule is CNCC(O)Cc1cccc(OCC2CCCCC2)c1. The number of benzene rings is 1. The van der Waals surface area contributed by atoms with Crippen LogP contribution in [-0.2, 0) is 6.42 Å². The second-order valence-electron chi connectivity index (χ2n) is 5.88. The molecule has 1 atom stereocenters. The van der Waals surface area contributed by atoms with Gasteiger partial charge in [0.05, 0.1) is 12.7 Å². The maximum Gasteiger partial charge on any atom is 0.119 e. The van der Waals surface area contributed by atoms with E-state index in [0.29, 0.717) is 13.0 Å². The van der Waals surface area contributed by atoms with Gasteiger partial charge in [0.25, 0.3) is 0 Å². The minimum Gasteiger partial charge on any atom is -0.493 e. The molecule has 112 valence electrons. The van der Waals surface area contributed by atoms with E-state index in [4.69, 9.17) is 4.74 Å². The summed E-state index contributed by atoms with van der Waals surface area (Å²) in [6.45, 7) is 1.45. The number of ether oxygens (including phenoxy) is 1. The minimum absolute atomic E-state index is 0.339. The van der Waals surface area contributed by atoms with Crippen LogP contribution < -0.4 is 10.1 Å². The lowest BCUT2D eigenvalue weighted by Gasteiger charge is -2.21. The fourth-order valence-electron chi connectivity index (χ4n) is 2.91. The fourth-order valence-corrected chi connectivity index (χ4v) is 2.91. The summed E-state index contributed by atoms with van der Waals surface area (Å²) in [5, 5.41) is 12.8. The summed E-state index contributed by atoms with van der Waals surface area (Å²) in [7, 11) is 1.85. The minimum atomic E-state index is -0.339. The Bertz CT molecular complexity index is 388. The highest BCUT2D eigenvalue weighted by molar-refractivity contribution is 5.29. The normalized spacial score (nSPS) is 17.9. The lowest BCUT2D eigenvalue weighted by Crippen LogP contribution is -2.25. The number of likely N-dealkylation sites (N-methyl/N-ethyl adjacent to an activating group) is 1. The fraction of sp³-hybridized carbons (Fsp3) is 0.647. The van der Waals surface area contributed by atoms with E-state index in [0.717, 1.165) is 23.8 Å². The Kier molecular flexibility index (Phi) is 6.34. The molecule has 0 saturated heterocycles. The molecule has 2 rings (SSSR count). The third-order valence-electron chi connectivity index (χ3n) is 4.02. The summed E-state index contributed by atoms with van der Waals surface area (Å²) in [6.07, 6.45) is 7.03. The smallest absolute Gasteiger partial charge is 0.119 e. The van der Waals surface area contributed by atoms with Crippen LogP contribution in [0, 0.1) is 5.92 Å². The molecule has 1 unspecified atom stereocenters. The summed E-state index contributed by atoms with van der Waals surface area (Å²) in [5.41, 5.74) is 1.13. The van der Waals surface area contributed by atoms with Crippen molar-refractivity contribution in [1.82, 2.24) is 5.32 Å². The van der Waals surface area contributed by atoms with E-state index in [2.05, 4.69) is 11.4 Å². The molecule has 0 aromatic heterocycles. The van der Waals surface area contributed by atoms with Crippen LogP contribution in [0.4, 0.5) is 0 Å². The summed E-state index contributed by atoms with van der Waals surface area (Å²) >= 11 is 0. The Labute approximate surface area is 122 Å². The van der Waals surface area contributed by atoms with Gasteiger partial charge in [0.15, 0.2) is 0 Å². The molecule has 1 aromatic rings. The van der Waals surface area contributed by atoms with Gasteiger partial charge in [-0.05, 0) is 49.9 Å². The molecule has 3 nitrogen and oxygen atoms in total. The van der Waals surface area contributed by atoms with Crippen molar-refractivity contribution in [3.05, 3.63) is 29.8 Å². The molecule has 1 aromatic carbocycles. The van der Waals surface area contributed by atoms with Crippen LogP contribution in [-0.4, -0.2) is 31.4 Å². The first-order valence-corrected chi connectivity index (χ1v) is 7.82. The van der Waals surface area contributed by atoms with Crippen molar-refractivity contribution < 1.29 is 9.84 Å². The van der Waals surface area contributed by atoms with Gasteiger partial charge < -0.3 is 15.2 Å². The quantitative estimate of drug-likeness (QED) is 0.805. The van der Waals surface area contributed by atoms with E-state index in [1.807, 2.05) is 25.2 Å². The zero-order valence-corrected chi connectivity index (χ0v) is 12.5. The Hall–Kier alpha value is -1.06. The Morgan fingerprint density at radius 2 is 2.10 bits per heavy atom. The third-order valence-corrected chi connectivity index (χ3v) is 4.02. The highest BCUT2D eigenvalue weighted by Gasteiger charge is 2.14. The van der Waals surface area contributed by atoms with E-state index in [9.17, 15) is 5.11 Å². The van der Waals surface area contributed by atoms with Crippen LogP contribution >= 0.6 is 0 Å². The van der Waals surface area contributed by atoms with Crippen LogP contribution in [0.5, 0.6) is 5.75 Å². The van der Waals surface area contributed by atoms with Crippen molar-refractivity contribution in [2.75, 3.05) is 20.2 Å². The van der Waals surface area contributed by atoms with E-state index >= 15 is 0 Å². The molecule has 0 bridgehead atoms. The van der Waals surface area contributed by atoms with E-state index in [1.54, 1.807) is 0 Å². The molecule has 2 N–H and O–H groups in total. The predicted octanol–water partition coefficient (Wildman–Crippen LogP) is 2.77. The average molecular weight is 277 g/mol. The van der Waals surface area contributed by atoms with Crippen LogP contribution in [0.1, 0.15) is 37.7 Å². The van der Waals surface area contributed by atoms with Gasteiger partial charge >= 0.3 is 0 Å². The molecule has 20 heavy (non-hydrogen) atoms. The van der Waals surface area contributed by atoms with Crippen LogP contribution in [0.15, 0.2) is 24.3 Å². The highest BCUT2D eigenvalue weighted by Crippen LogP contribution is 2.25. The molecule has 1 saturated carbocycles. The topological polar surface area (TPSA) is 41.5 Å². The monoisotopic (exact) mass is 277 g/mol. The summed E-state index contributed by atoms with van der Waals surface area (Å²) in [5.74, 6) is 1.66. The number of hydrogen-bond acceptors (Lipinski definition) is 3. The number of rotatable bonds is 7. The van der Waals surface area contributed by atoms with Crippen LogP contribution in [0.3, 0.4) is 0 Å². The second kappa shape index (κ2) is 8.28. The number of aliphatic hydroxyl groups excluding tert-OH is 1. The molecule has 1 aliphatic carbocycles. The predicted molar refractivity (Wildman–Crippen MR) is 82.1 cm³/mol. The first-order chi connectivity index (χ1) is 9.78. The molecule has 0 aliphatic heterocycles. The number of nitrogens with one attached hydrogen (secondary N) is 1. The molecule has 0 heterocycles. The first kappa shape index (κ1) is 15.3. The third kappa shape index (κ3) is 5.14. The average Bonchev–Trinajstić information content (AvgIpc) is 2.47. The lowest BCUT2D eigenvalue weighted by atomic mass is 9.90. The molecular formula is C17H27NO2. The molecule has 0 radical (unpaired) electrons. The van der Waals surface area contributed by atoms with E-state index in [-0.39, 0.29) is 6.10 Å². The van der Waals surface area contributed by atoms with Gasteiger partial charge in [-0.2, -0.15) is 0 Å². The van der Waals surface area contributed by atoms with Crippen LogP contribution in [0.25, 0.3) is 0 Å². The zero-order chi connectivity index (χ0) is 14.2. The maximum absolute atomic E-state index is 9.82.